The number of rotatable bonds is 5. The molecule has 0 fully saturated rings. The number of hydrogen-bond acceptors (Lipinski definition) is 0. The van der Waals surface area contributed by atoms with Gasteiger partial charge in [-0.3, -0.25) is 0 Å². The summed E-state index contributed by atoms with van der Waals surface area (Å²) in [5.41, 5.74) is 18.4. The van der Waals surface area contributed by atoms with Gasteiger partial charge < -0.3 is 0 Å². The Kier molecular flexibility index (Phi) is 7.52. The largest absolute Gasteiger partial charge is 0.114 e. The first kappa shape index (κ1) is 32.8. The third kappa shape index (κ3) is 5.09. The summed E-state index contributed by atoms with van der Waals surface area (Å²) >= 11 is 0. The standard InChI is InChI=1S/C52H42Si2/c1-53(2)49-27-13-11-21-45(49)47-25-15-23-43(51(47)53)41-32-40(39-30-37(35-17-7-5-8-18-35)29-38(31-39)36-19-9-6-10-20-36)33-42(34-41)44-24-16-26-48-46-22-12-14-28-50(46)54(3,4)52(44)48/h5-34H,1-4H3. The molecule has 8 aromatic carbocycles. The molecule has 0 unspecified atom stereocenters. The third-order valence-electron chi connectivity index (χ3n) is 12.2. The lowest BCUT2D eigenvalue weighted by atomic mass is 9.89. The van der Waals surface area contributed by atoms with Crippen LogP contribution in [0.15, 0.2) is 182 Å². The van der Waals surface area contributed by atoms with Crippen LogP contribution in [-0.2, 0) is 0 Å². The van der Waals surface area contributed by atoms with E-state index in [-0.39, 0.29) is 0 Å². The molecule has 0 saturated heterocycles. The summed E-state index contributed by atoms with van der Waals surface area (Å²) in [6, 6.07) is 68.6. The van der Waals surface area contributed by atoms with Crippen LogP contribution >= 0.6 is 0 Å². The molecule has 2 heteroatoms. The lowest BCUT2D eigenvalue weighted by molar-refractivity contribution is 1.55. The molecule has 0 saturated carbocycles. The zero-order valence-corrected chi connectivity index (χ0v) is 33.3. The first-order chi connectivity index (χ1) is 26.3. The van der Waals surface area contributed by atoms with Crippen LogP contribution in [0.1, 0.15) is 0 Å². The first-order valence-electron chi connectivity index (χ1n) is 19.2. The van der Waals surface area contributed by atoms with Gasteiger partial charge >= 0.3 is 0 Å². The van der Waals surface area contributed by atoms with Gasteiger partial charge in [-0.05, 0) is 135 Å². The molecule has 2 heterocycles. The van der Waals surface area contributed by atoms with E-state index in [1.54, 1.807) is 20.7 Å². The van der Waals surface area contributed by atoms with Crippen molar-refractivity contribution in [1.29, 1.82) is 0 Å². The Morgan fingerprint density at radius 2 is 0.537 bits per heavy atom. The number of fused-ring (bicyclic) bond motifs is 6. The molecule has 0 N–H and O–H groups in total. The average Bonchev–Trinajstić information content (AvgIpc) is 3.61. The van der Waals surface area contributed by atoms with Crippen LogP contribution in [-0.4, -0.2) is 16.1 Å². The van der Waals surface area contributed by atoms with Crippen molar-refractivity contribution in [3.63, 3.8) is 0 Å². The molecule has 2 aliphatic rings. The fraction of sp³-hybridized carbons (Fsp3) is 0.0769. The molecule has 0 atom stereocenters. The second-order valence-corrected chi connectivity index (χ2v) is 24.7. The van der Waals surface area contributed by atoms with E-state index in [0.29, 0.717) is 0 Å². The Balaban J connectivity index is 1.26. The molecule has 8 aromatic rings. The minimum Gasteiger partial charge on any atom is -0.0623 e. The minimum atomic E-state index is -1.98. The minimum absolute atomic E-state index is 1.23. The zero-order valence-electron chi connectivity index (χ0n) is 31.3. The lowest BCUT2D eigenvalue weighted by Gasteiger charge is -2.25. The van der Waals surface area contributed by atoms with Gasteiger partial charge in [0.25, 0.3) is 0 Å². The van der Waals surface area contributed by atoms with E-state index >= 15 is 0 Å². The fourth-order valence-electron chi connectivity index (χ4n) is 9.67. The Labute approximate surface area is 321 Å². The summed E-state index contributed by atoms with van der Waals surface area (Å²) in [4.78, 5) is 0. The zero-order chi connectivity index (χ0) is 36.6. The number of hydrogen-bond donors (Lipinski definition) is 0. The molecular weight excluding hydrogens is 681 g/mol. The van der Waals surface area contributed by atoms with Gasteiger partial charge in [-0.25, -0.2) is 0 Å². The van der Waals surface area contributed by atoms with Gasteiger partial charge in [0.15, 0.2) is 0 Å². The van der Waals surface area contributed by atoms with Crippen molar-refractivity contribution in [1.82, 2.24) is 0 Å². The van der Waals surface area contributed by atoms with Crippen LogP contribution in [0.25, 0.3) is 77.9 Å². The first-order valence-corrected chi connectivity index (χ1v) is 25.2. The maximum atomic E-state index is 2.54. The monoisotopic (exact) mass is 722 g/mol. The summed E-state index contributed by atoms with van der Waals surface area (Å²) in [6.45, 7) is 10.2. The molecule has 0 radical (unpaired) electrons. The lowest BCUT2D eigenvalue weighted by Crippen LogP contribution is -2.50. The van der Waals surface area contributed by atoms with Gasteiger partial charge in [-0.2, -0.15) is 0 Å². The van der Waals surface area contributed by atoms with Crippen molar-refractivity contribution in [2.75, 3.05) is 0 Å². The SMILES string of the molecule is C[Si]1(C)c2ccccc2-c2cccc(-c3cc(-c4cc(-c5ccccc5)cc(-c5ccccc5)c4)cc(-c4cccc5c4[Si](C)(C)c4ccccc4-5)c3)c21. The second-order valence-electron chi connectivity index (χ2n) is 16.1. The highest BCUT2D eigenvalue weighted by molar-refractivity contribution is 7.05. The Morgan fingerprint density at radius 1 is 0.241 bits per heavy atom. The van der Waals surface area contributed by atoms with Crippen LogP contribution in [0.5, 0.6) is 0 Å². The molecule has 0 bridgehead atoms. The van der Waals surface area contributed by atoms with Crippen LogP contribution in [0.3, 0.4) is 0 Å². The van der Waals surface area contributed by atoms with Gasteiger partial charge in [0.05, 0.1) is 0 Å². The predicted molar refractivity (Wildman–Crippen MR) is 238 cm³/mol. The van der Waals surface area contributed by atoms with Gasteiger partial charge in [0.2, 0.25) is 0 Å². The molecule has 54 heavy (non-hydrogen) atoms. The normalized spacial score (nSPS) is 14.2. The quantitative estimate of drug-likeness (QED) is 0.155. The van der Waals surface area contributed by atoms with Crippen LogP contribution < -0.4 is 20.7 Å². The van der Waals surface area contributed by atoms with Crippen LogP contribution in [0.2, 0.25) is 26.2 Å². The topological polar surface area (TPSA) is 0 Å². The summed E-state index contributed by atoms with van der Waals surface area (Å²) in [6.07, 6.45) is 0. The van der Waals surface area contributed by atoms with E-state index in [1.165, 1.54) is 77.9 Å². The van der Waals surface area contributed by atoms with E-state index in [9.17, 15) is 0 Å². The molecule has 10 rings (SSSR count). The summed E-state index contributed by atoms with van der Waals surface area (Å²) in [5, 5.41) is 6.19. The molecule has 258 valence electrons. The van der Waals surface area contributed by atoms with E-state index in [0.717, 1.165) is 0 Å². The highest BCUT2D eigenvalue weighted by Crippen LogP contribution is 2.41. The molecular formula is C52H42Si2. The Bertz CT molecular complexity index is 2570. The molecule has 2 aliphatic heterocycles. The van der Waals surface area contributed by atoms with Crippen molar-refractivity contribution < 1.29 is 0 Å². The Morgan fingerprint density at radius 3 is 0.963 bits per heavy atom. The average molecular weight is 723 g/mol. The number of benzene rings is 8. The maximum absolute atomic E-state index is 2.54. The fourth-order valence-corrected chi connectivity index (χ4v) is 16.6. The summed E-state index contributed by atoms with van der Waals surface area (Å²) in [7, 11) is -3.97. The van der Waals surface area contributed by atoms with Crippen LogP contribution in [0, 0.1) is 0 Å². The van der Waals surface area contributed by atoms with Gasteiger partial charge in [0.1, 0.15) is 16.1 Å². The van der Waals surface area contributed by atoms with Crippen molar-refractivity contribution in [2.24, 2.45) is 0 Å². The van der Waals surface area contributed by atoms with Crippen LogP contribution in [0.4, 0.5) is 0 Å². The second kappa shape index (κ2) is 12.4. The predicted octanol–water partition coefficient (Wildman–Crippen LogP) is 11.6. The highest BCUT2D eigenvalue weighted by atomic mass is 28.3. The van der Waals surface area contributed by atoms with Crippen molar-refractivity contribution in [3.8, 4) is 77.9 Å². The van der Waals surface area contributed by atoms with E-state index in [2.05, 4.69) is 208 Å². The van der Waals surface area contributed by atoms with Crippen molar-refractivity contribution >= 4 is 36.9 Å². The smallest absolute Gasteiger partial charge is 0.0623 e. The molecule has 0 amide bonds. The maximum Gasteiger partial charge on any atom is 0.114 e. The summed E-state index contributed by atoms with van der Waals surface area (Å²) < 4.78 is 0. The van der Waals surface area contributed by atoms with Crippen molar-refractivity contribution in [2.45, 2.75) is 26.2 Å². The van der Waals surface area contributed by atoms with Gasteiger partial charge in [-0.1, -0.05) is 172 Å². The molecule has 0 aliphatic carbocycles. The molecule has 0 aromatic heterocycles. The summed E-state index contributed by atoms with van der Waals surface area (Å²) in [5.74, 6) is 0. The van der Waals surface area contributed by atoms with Gasteiger partial charge in [-0.15, -0.1) is 0 Å². The third-order valence-corrected chi connectivity index (χ3v) is 19.3. The van der Waals surface area contributed by atoms with E-state index < -0.39 is 16.1 Å². The highest BCUT2D eigenvalue weighted by Gasteiger charge is 2.41. The molecule has 0 spiro atoms. The van der Waals surface area contributed by atoms with Crippen molar-refractivity contribution in [3.05, 3.63) is 182 Å². The van der Waals surface area contributed by atoms with E-state index in [4.69, 9.17) is 0 Å². The molecule has 0 nitrogen and oxygen atoms in total. The van der Waals surface area contributed by atoms with E-state index in [1.807, 2.05) is 0 Å². The Hall–Kier alpha value is -5.81. The van der Waals surface area contributed by atoms with Gasteiger partial charge in [0, 0.05) is 0 Å².